The third-order valence-corrected chi connectivity index (χ3v) is 6.33. The van der Waals surface area contributed by atoms with Gasteiger partial charge in [-0.25, -0.2) is 4.99 Å². The van der Waals surface area contributed by atoms with E-state index in [-0.39, 0.29) is 30.8 Å². The monoisotopic (exact) mass is 442 g/mol. The van der Waals surface area contributed by atoms with E-state index in [2.05, 4.69) is 10.3 Å². The number of nitrogens with zero attached hydrogens (tertiary/aromatic N) is 3. The minimum atomic E-state index is -0.969. The highest BCUT2D eigenvalue weighted by Crippen LogP contribution is 2.34. The standard InChI is InChI=1S/C23H30N4O5/c1-15-10-17(11-19-18(15)12-26-13-20(28)25-23(26)24-19)32-9-5-8-21(29)27(14-22(30)31)16-6-3-2-4-7-16/h10-11,16H,2-9,12-14H2,1H3,(H,30,31)(H,24,25,28). The summed E-state index contributed by atoms with van der Waals surface area (Å²) in [6.07, 6.45) is 5.76. The molecule has 0 aromatic heterocycles. The van der Waals surface area contributed by atoms with Crippen LogP contribution in [-0.2, 0) is 20.9 Å². The first-order valence-electron chi connectivity index (χ1n) is 11.3. The van der Waals surface area contributed by atoms with E-state index in [0.717, 1.165) is 48.9 Å². The number of aryl methyl sites for hydroxylation is 1. The summed E-state index contributed by atoms with van der Waals surface area (Å²) in [4.78, 5) is 43.6. The molecule has 1 aromatic carbocycles. The topological polar surface area (TPSA) is 112 Å². The fourth-order valence-corrected chi connectivity index (χ4v) is 4.70. The van der Waals surface area contributed by atoms with Crippen molar-refractivity contribution in [3.63, 3.8) is 0 Å². The molecule has 2 aliphatic heterocycles. The van der Waals surface area contributed by atoms with Crippen molar-refractivity contribution in [2.75, 3.05) is 19.7 Å². The van der Waals surface area contributed by atoms with E-state index in [9.17, 15) is 19.5 Å². The SMILES string of the molecule is Cc1cc(OCCCC(=O)N(CC(=O)O)C2CCCCC2)cc2c1CN1CC(=O)NC1=N2. The average molecular weight is 443 g/mol. The summed E-state index contributed by atoms with van der Waals surface area (Å²) in [5.74, 6) is 0.105. The van der Waals surface area contributed by atoms with Crippen molar-refractivity contribution >= 4 is 29.4 Å². The molecule has 2 heterocycles. The zero-order valence-electron chi connectivity index (χ0n) is 18.4. The number of carbonyl (C=O) groups is 3. The lowest BCUT2D eigenvalue weighted by Gasteiger charge is -2.33. The number of hydrogen-bond acceptors (Lipinski definition) is 6. The van der Waals surface area contributed by atoms with Crippen LogP contribution >= 0.6 is 0 Å². The molecular formula is C23H30N4O5. The lowest BCUT2D eigenvalue weighted by molar-refractivity contribution is -0.146. The van der Waals surface area contributed by atoms with E-state index in [1.807, 2.05) is 24.0 Å². The van der Waals surface area contributed by atoms with Gasteiger partial charge in [0.15, 0.2) is 0 Å². The molecule has 9 nitrogen and oxygen atoms in total. The molecule has 1 saturated heterocycles. The fraction of sp³-hybridized carbons (Fsp3) is 0.565. The Morgan fingerprint density at radius 2 is 2.03 bits per heavy atom. The van der Waals surface area contributed by atoms with Gasteiger partial charge in [0, 0.05) is 30.6 Å². The van der Waals surface area contributed by atoms with Crippen LogP contribution in [0.5, 0.6) is 5.75 Å². The molecule has 1 saturated carbocycles. The highest BCUT2D eigenvalue weighted by Gasteiger charge is 2.30. The number of hydrogen-bond donors (Lipinski definition) is 2. The Kier molecular flexibility index (Phi) is 6.62. The average Bonchev–Trinajstić information content (AvgIpc) is 3.13. The molecule has 0 radical (unpaired) electrons. The van der Waals surface area contributed by atoms with Gasteiger partial charge < -0.3 is 19.6 Å². The van der Waals surface area contributed by atoms with Crippen LogP contribution in [0, 0.1) is 6.92 Å². The number of ether oxygens (including phenoxy) is 1. The van der Waals surface area contributed by atoms with Gasteiger partial charge in [-0.1, -0.05) is 19.3 Å². The maximum absolute atomic E-state index is 12.7. The molecule has 0 unspecified atom stereocenters. The smallest absolute Gasteiger partial charge is 0.323 e. The Morgan fingerprint density at radius 3 is 2.78 bits per heavy atom. The van der Waals surface area contributed by atoms with Crippen LogP contribution < -0.4 is 10.1 Å². The molecule has 2 N–H and O–H groups in total. The van der Waals surface area contributed by atoms with Crippen molar-refractivity contribution in [3.05, 3.63) is 23.3 Å². The molecule has 3 aliphatic rings. The van der Waals surface area contributed by atoms with Crippen molar-refractivity contribution in [1.29, 1.82) is 0 Å². The van der Waals surface area contributed by atoms with E-state index in [1.165, 1.54) is 0 Å². The summed E-state index contributed by atoms with van der Waals surface area (Å²) in [6, 6.07) is 3.84. The summed E-state index contributed by atoms with van der Waals surface area (Å²) in [7, 11) is 0. The molecule has 32 heavy (non-hydrogen) atoms. The Balaban J connectivity index is 1.32. The van der Waals surface area contributed by atoms with Crippen LogP contribution in [-0.4, -0.2) is 64.4 Å². The number of guanidine groups is 1. The van der Waals surface area contributed by atoms with Crippen LogP contribution in [0.4, 0.5) is 5.69 Å². The molecular weight excluding hydrogens is 412 g/mol. The molecule has 2 fully saturated rings. The van der Waals surface area contributed by atoms with Crippen LogP contribution in [0.3, 0.4) is 0 Å². The lowest BCUT2D eigenvalue weighted by atomic mass is 9.94. The molecule has 0 spiro atoms. The van der Waals surface area contributed by atoms with Gasteiger partial charge in [-0.15, -0.1) is 0 Å². The summed E-state index contributed by atoms with van der Waals surface area (Å²) < 4.78 is 5.88. The second-order valence-corrected chi connectivity index (χ2v) is 8.74. The number of amides is 2. The number of nitrogens with one attached hydrogen (secondary N) is 1. The van der Waals surface area contributed by atoms with Crippen LogP contribution in [0.1, 0.15) is 56.1 Å². The number of aliphatic carboxylic acids is 1. The quantitative estimate of drug-likeness (QED) is 0.598. The van der Waals surface area contributed by atoms with E-state index < -0.39 is 5.97 Å². The van der Waals surface area contributed by atoms with Crippen molar-refractivity contribution in [3.8, 4) is 5.75 Å². The number of fused-ring (bicyclic) bond motifs is 2. The highest BCUT2D eigenvalue weighted by molar-refractivity contribution is 6.05. The van der Waals surface area contributed by atoms with Gasteiger partial charge in [0.25, 0.3) is 0 Å². The summed E-state index contributed by atoms with van der Waals surface area (Å²) >= 11 is 0. The summed E-state index contributed by atoms with van der Waals surface area (Å²) in [5.41, 5.74) is 2.90. The molecule has 4 rings (SSSR count). The zero-order chi connectivity index (χ0) is 22.7. The molecule has 0 atom stereocenters. The third kappa shape index (κ3) is 5.03. The van der Waals surface area contributed by atoms with E-state index in [4.69, 9.17) is 4.74 Å². The predicted molar refractivity (Wildman–Crippen MR) is 118 cm³/mol. The van der Waals surface area contributed by atoms with Gasteiger partial charge in [-0.05, 0) is 37.8 Å². The Morgan fingerprint density at radius 1 is 1.25 bits per heavy atom. The first-order valence-corrected chi connectivity index (χ1v) is 11.3. The maximum atomic E-state index is 12.7. The van der Waals surface area contributed by atoms with E-state index in [0.29, 0.717) is 37.8 Å². The summed E-state index contributed by atoms with van der Waals surface area (Å²) in [6.45, 7) is 3.07. The Bertz CT molecular complexity index is 939. The number of rotatable bonds is 8. The van der Waals surface area contributed by atoms with Gasteiger partial charge in [-0.3, -0.25) is 19.7 Å². The molecule has 1 aromatic rings. The minimum Gasteiger partial charge on any atom is -0.493 e. The van der Waals surface area contributed by atoms with E-state index in [1.54, 1.807) is 4.90 Å². The highest BCUT2D eigenvalue weighted by atomic mass is 16.5. The zero-order valence-corrected chi connectivity index (χ0v) is 18.4. The van der Waals surface area contributed by atoms with E-state index >= 15 is 0 Å². The minimum absolute atomic E-state index is 0.0336. The third-order valence-electron chi connectivity index (χ3n) is 6.33. The van der Waals surface area contributed by atoms with Crippen molar-refractivity contribution in [2.24, 2.45) is 4.99 Å². The van der Waals surface area contributed by atoms with Crippen molar-refractivity contribution in [2.45, 2.75) is 64.5 Å². The molecule has 0 bridgehead atoms. The second-order valence-electron chi connectivity index (χ2n) is 8.74. The number of aliphatic imine (C=N–C) groups is 1. The number of carboxylic acid groups (broad SMARTS) is 1. The van der Waals surface area contributed by atoms with Crippen LogP contribution in [0.2, 0.25) is 0 Å². The molecule has 1 aliphatic carbocycles. The van der Waals surface area contributed by atoms with Gasteiger partial charge >= 0.3 is 5.97 Å². The van der Waals surface area contributed by atoms with Crippen molar-refractivity contribution < 1.29 is 24.2 Å². The molecule has 9 heteroatoms. The van der Waals surface area contributed by atoms with Gasteiger partial charge in [-0.2, -0.15) is 0 Å². The van der Waals surface area contributed by atoms with Crippen LogP contribution in [0.15, 0.2) is 17.1 Å². The fourth-order valence-electron chi connectivity index (χ4n) is 4.70. The lowest BCUT2D eigenvalue weighted by Crippen LogP contribution is -2.44. The number of benzene rings is 1. The predicted octanol–water partition coefficient (Wildman–Crippen LogP) is 2.33. The number of carbonyl (C=O) groups excluding carboxylic acids is 2. The molecule has 172 valence electrons. The van der Waals surface area contributed by atoms with Gasteiger partial charge in [0.05, 0.1) is 12.3 Å². The van der Waals surface area contributed by atoms with Gasteiger partial charge in [0.1, 0.15) is 18.8 Å². The van der Waals surface area contributed by atoms with Gasteiger partial charge in [0.2, 0.25) is 17.8 Å². The Labute approximate surface area is 187 Å². The second kappa shape index (κ2) is 9.58. The van der Waals surface area contributed by atoms with Crippen molar-refractivity contribution in [1.82, 2.24) is 15.1 Å². The molecule has 2 amide bonds. The van der Waals surface area contributed by atoms with Crippen LogP contribution in [0.25, 0.3) is 0 Å². The Hall–Kier alpha value is -3.10. The largest absolute Gasteiger partial charge is 0.493 e. The normalized spacial score (nSPS) is 17.8. The first-order chi connectivity index (χ1) is 15.4. The first kappa shape index (κ1) is 22.1. The number of carboxylic acids is 1. The maximum Gasteiger partial charge on any atom is 0.323 e. The summed E-state index contributed by atoms with van der Waals surface area (Å²) in [5, 5.41) is 12.0.